The summed E-state index contributed by atoms with van der Waals surface area (Å²) in [5.41, 5.74) is 1.21. The monoisotopic (exact) mass is 266 g/mol. The van der Waals surface area contributed by atoms with Crippen molar-refractivity contribution < 1.29 is 19.4 Å². The Labute approximate surface area is 113 Å². The standard InChI is InChI=1S/C15H22O4/c1-9-4-3-7-15(2)13(19-15)12-10(6-5-9)11(8-16)14(17)18-12/h4,10-13,16H,3,5-8H2,1-2H3/b9-4+/t10-,11-,12+,13-,15+/m0/s1. The summed E-state index contributed by atoms with van der Waals surface area (Å²) in [7, 11) is 0. The van der Waals surface area contributed by atoms with Crippen LogP contribution in [0.15, 0.2) is 11.6 Å². The third-order valence-corrected chi connectivity index (χ3v) is 4.94. The maximum absolute atomic E-state index is 11.9. The molecular formula is C15H22O4. The number of aliphatic hydroxyl groups excluding tert-OH is 1. The van der Waals surface area contributed by atoms with Gasteiger partial charge in [0.1, 0.15) is 12.2 Å². The first-order valence-corrected chi connectivity index (χ1v) is 7.20. The van der Waals surface area contributed by atoms with E-state index in [0.29, 0.717) is 0 Å². The van der Waals surface area contributed by atoms with Gasteiger partial charge in [-0.05, 0) is 39.5 Å². The zero-order valence-electron chi connectivity index (χ0n) is 11.6. The number of hydrogen-bond donors (Lipinski definition) is 1. The van der Waals surface area contributed by atoms with Crippen LogP contribution in [-0.4, -0.2) is 35.5 Å². The molecule has 2 aliphatic heterocycles. The van der Waals surface area contributed by atoms with E-state index in [2.05, 4.69) is 19.9 Å². The Morgan fingerprint density at radius 1 is 1.53 bits per heavy atom. The van der Waals surface area contributed by atoms with Crippen LogP contribution in [-0.2, 0) is 14.3 Å². The quantitative estimate of drug-likeness (QED) is 0.447. The van der Waals surface area contributed by atoms with Crippen molar-refractivity contribution in [3.8, 4) is 0 Å². The van der Waals surface area contributed by atoms with Crippen molar-refractivity contribution in [3.05, 3.63) is 11.6 Å². The van der Waals surface area contributed by atoms with E-state index < -0.39 is 0 Å². The second-order valence-corrected chi connectivity index (χ2v) is 6.33. The molecule has 0 bridgehead atoms. The number of fused-ring (bicyclic) bond motifs is 3. The summed E-state index contributed by atoms with van der Waals surface area (Å²) in [5.74, 6) is -0.535. The lowest BCUT2D eigenvalue weighted by Crippen LogP contribution is -2.31. The second-order valence-electron chi connectivity index (χ2n) is 6.33. The Hall–Kier alpha value is -0.870. The fraction of sp³-hybridized carbons (Fsp3) is 0.800. The summed E-state index contributed by atoms with van der Waals surface area (Å²) in [5, 5.41) is 9.44. The molecule has 5 atom stereocenters. The van der Waals surface area contributed by atoms with E-state index >= 15 is 0 Å². The molecule has 1 N–H and O–H groups in total. The number of carbonyl (C=O) groups is 1. The van der Waals surface area contributed by atoms with Gasteiger partial charge in [0.2, 0.25) is 0 Å². The summed E-state index contributed by atoms with van der Waals surface area (Å²) in [6.45, 7) is 4.11. The van der Waals surface area contributed by atoms with Crippen LogP contribution in [0.3, 0.4) is 0 Å². The molecular weight excluding hydrogens is 244 g/mol. The fourth-order valence-electron chi connectivity index (χ4n) is 3.55. The highest BCUT2D eigenvalue weighted by atomic mass is 16.6. The van der Waals surface area contributed by atoms with Crippen molar-refractivity contribution in [2.24, 2.45) is 11.8 Å². The van der Waals surface area contributed by atoms with Gasteiger partial charge in [-0.2, -0.15) is 0 Å². The molecule has 3 rings (SSSR count). The van der Waals surface area contributed by atoms with E-state index in [9.17, 15) is 9.90 Å². The molecule has 0 radical (unpaired) electrons. The van der Waals surface area contributed by atoms with Crippen LogP contribution in [0.4, 0.5) is 0 Å². The van der Waals surface area contributed by atoms with Gasteiger partial charge in [-0.3, -0.25) is 4.79 Å². The van der Waals surface area contributed by atoms with E-state index in [1.807, 2.05) is 0 Å². The molecule has 0 amide bonds. The number of carbonyl (C=O) groups excluding carboxylic acids is 1. The minimum absolute atomic E-state index is 0.0183. The number of allylic oxidation sites excluding steroid dienone is 2. The Kier molecular flexibility index (Phi) is 3.18. The zero-order chi connectivity index (χ0) is 13.6. The van der Waals surface area contributed by atoms with Gasteiger partial charge in [-0.1, -0.05) is 11.6 Å². The molecule has 2 fully saturated rings. The van der Waals surface area contributed by atoms with Gasteiger partial charge in [-0.15, -0.1) is 0 Å². The molecule has 4 heteroatoms. The molecule has 1 aliphatic carbocycles. The van der Waals surface area contributed by atoms with Gasteiger partial charge < -0.3 is 14.6 Å². The normalized spacial score (nSPS) is 48.6. The van der Waals surface area contributed by atoms with Crippen molar-refractivity contribution >= 4 is 5.97 Å². The Bertz CT molecular complexity index is 416. The largest absolute Gasteiger partial charge is 0.459 e. The van der Waals surface area contributed by atoms with E-state index in [1.54, 1.807) is 0 Å². The van der Waals surface area contributed by atoms with Crippen LogP contribution >= 0.6 is 0 Å². The number of epoxide rings is 1. The van der Waals surface area contributed by atoms with E-state index in [4.69, 9.17) is 9.47 Å². The first kappa shape index (κ1) is 13.1. The third-order valence-electron chi connectivity index (χ3n) is 4.94. The van der Waals surface area contributed by atoms with Gasteiger partial charge >= 0.3 is 5.97 Å². The molecule has 2 saturated heterocycles. The lowest BCUT2D eigenvalue weighted by molar-refractivity contribution is -0.145. The molecule has 3 aliphatic rings. The topological polar surface area (TPSA) is 59.1 Å². The number of rotatable bonds is 1. The Morgan fingerprint density at radius 3 is 3.05 bits per heavy atom. The molecule has 0 aromatic heterocycles. The van der Waals surface area contributed by atoms with Crippen molar-refractivity contribution in [2.45, 2.75) is 57.3 Å². The van der Waals surface area contributed by atoms with Gasteiger partial charge in [0, 0.05) is 5.92 Å². The predicted molar refractivity (Wildman–Crippen MR) is 69.4 cm³/mol. The number of aliphatic hydroxyl groups is 1. The lowest BCUT2D eigenvalue weighted by Gasteiger charge is -2.21. The number of esters is 1. The highest BCUT2D eigenvalue weighted by Gasteiger charge is 2.62. The van der Waals surface area contributed by atoms with E-state index in [0.717, 1.165) is 25.7 Å². The molecule has 0 aromatic carbocycles. The third kappa shape index (κ3) is 2.21. The summed E-state index contributed by atoms with van der Waals surface area (Å²) in [4.78, 5) is 11.9. The first-order chi connectivity index (χ1) is 9.05. The molecule has 106 valence electrons. The minimum atomic E-state index is -0.370. The fourth-order valence-corrected chi connectivity index (χ4v) is 3.55. The summed E-state index contributed by atoms with van der Waals surface area (Å²) >= 11 is 0. The van der Waals surface area contributed by atoms with Crippen molar-refractivity contribution in [1.82, 2.24) is 0 Å². The highest BCUT2D eigenvalue weighted by molar-refractivity contribution is 5.75. The number of hydrogen-bond acceptors (Lipinski definition) is 4. The first-order valence-electron chi connectivity index (χ1n) is 7.20. The van der Waals surface area contributed by atoms with Crippen molar-refractivity contribution in [2.75, 3.05) is 6.61 Å². The molecule has 0 aromatic rings. The van der Waals surface area contributed by atoms with Crippen LogP contribution in [0.25, 0.3) is 0 Å². The van der Waals surface area contributed by atoms with Gasteiger partial charge in [0.05, 0.1) is 18.1 Å². The second kappa shape index (κ2) is 4.60. The Morgan fingerprint density at radius 2 is 2.32 bits per heavy atom. The Balaban J connectivity index is 1.85. The van der Waals surface area contributed by atoms with Crippen LogP contribution in [0, 0.1) is 11.8 Å². The summed E-state index contributed by atoms with van der Waals surface area (Å²) in [6, 6.07) is 0. The van der Waals surface area contributed by atoms with Crippen LogP contribution in [0.1, 0.15) is 39.5 Å². The molecule has 19 heavy (non-hydrogen) atoms. The smallest absolute Gasteiger partial charge is 0.312 e. The predicted octanol–water partition coefficient (Wildman–Crippen LogP) is 1.81. The maximum Gasteiger partial charge on any atom is 0.312 e. The van der Waals surface area contributed by atoms with Gasteiger partial charge in [-0.25, -0.2) is 0 Å². The van der Waals surface area contributed by atoms with Crippen LogP contribution in [0.2, 0.25) is 0 Å². The molecule has 0 spiro atoms. The average Bonchev–Trinajstić information content (AvgIpc) is 2.92. The number of ether oxygens (including phenoxy) is 2. The van der Waals surface area contributed by atoms with Gasteiger partial charge in [0.15, 0.2) is 0 Å². The minimum Gasteiger partial charge on any atom is -0.459 e. The molecule has 0 unspecified atom stereocenters. The zero-order valence-corrected chi connectivity index (χ0v) is 11.6. The summed E-state index contributed by atoms with van der Waals surface area (Å²) in [6.07, 6.45) is 5.98. The van der Waals surface area contributed by atoms with Gasteiger partial charge in [0.25, 0.3) is 0 Å². The van der Waals surface area contributed by atoms with E-state index in [1.165, 1.54) is 5.57 Å². The summed E-state index contributed by atoms with van der Waals surface area (Å²) < 4.78 is 11.4. The lowest BCUT2D eigenvalue weighted by atomic mass is 9.81. The van der Waals surface area contributed by atoms with Crippen molar-refractivity contribution in [1.29, 1.82) is 0 Å². The maximum atomic E-state index is 11.9. The average molecular weight is 266 g/mol. The molecule has 2 heterocycles. The van der Waals surface area contributed by atoms with Crippen LogP contribution < -0.4 is 0 Å². The van der Waals surface area contributed by atoms with Crippen molar-refractivity contribution in [3.63, 3.8) is 0 Å². The van der Waals surface area contributed by atoms with E-state index in [-0.39, 0.29) is 42.2 Å². The van der Waals surface area contributed by atoms with Crippen LogP contribution in [0.5, 0.6) is 0 Å². The SMILES string of the molecule is C/C1=C\CC[C@@]2(C)O[C@H]2[C@@H]2OC(=O)[C@@H](CO)[C@@H]2CC1. The molecule has 4 nitrogen and oxygen atoms in total. The highest BCUT2D eigenvalue weighted by Crippen LogP contribution is 2.50. The molecule has 0 saturated carbocycles.